The number of benzene rings is 2. The fraction of sp³-hybridized carbons (Fsp3) is 0.440. The summed E-state index contributed by atoms with van der Waals surface area (Å²) in [5.74, 6) is 1.14. The van der Waals surface area contributed by atoms with Gasteiger partial charge in [-0.1, -0.05) is 24.3 Å². The summed E-state index contributed by atoms with van der Waals surface area (Å²) in [7, 11) is 3.25. The van der Waals surface area contributed by atoms with Crippen LogP contribution in [0.3, 0.4) is 0 Å². The van der Waals surface area contributed by atoms with Crippen LogP contribution in [0.5, 0.6) is 11.5 Å². The highest BCUT2D eigenvalue weighted by molar-refractivity contribution is 6.06. The number of ether oxygens (including phenoxy) is 2. The second-order valence-electron chi connectivity index (χ2n) is 9.16. The van der Waals surface area contributed by atoms with E-state index in [2.05, 4.69) is 4.90 Å². The highest BCUT2D eigenvalue weighted by Gasteiger charge is 2.64. The van der Waals surface area contributed by atoms with Crippen LogP contribution in [0.4, 0.5) is 0 Å². The number of imide groups is 1. The SMILES string of the molecule is COc1ccc(CN2C(=O)C3CC(O)CN3C3(CN(Cc4cccc(OC)c4)C3)C2=O)cc1. The van der Waals surface area contributed by atoms with Crippen LogP contribution in [-0.2, 0) is 22.7 Å². The molecule has 3 fully saturated rings. The van der Waals surface area contributed by atoms with Crippen molar-refractivity contribution in [2.45, 2.75) is 37.2 Å². The summed E-state index contributed by atoms with van der Waals surface area (Å²) in [5, 5.41) is 10.3. The Kier molecular flexibility index (Phi) is 5.60. The van der Waals surface area contributed by atoms with Crippen molar-refractivity contribution >= 4 is 11.8 Å². The topological polar surface area (TPSA) is 82.6 Å². The predicted molar refractivity (Wildman–Crippen MR) is 121 cm³/mol. The molecule has 8 nitrogen and oxygen atoms in total. The molecule has 3 heterocycles. The third-order valence-electron chi connectivity index (χ3n) is 7.03. The third kappa shape index (κ3) is 3.78. The van der Waals surface area contributed by atoms with Crippen molar-refractivity contribution < 1.29 is 24.2 Å². The second-order valence-corrected chi connectivity index (χ2v) is 9.16. The molecule has 2 aromatic rings. The lowest BCUT2D eigenvalue weighted by Crippen LogP contribution is -2.81. The standard InChI is InChI=1S/C25H29N3O5/c1-32-20-8-6-17(7-9-20)13-27-23(30)22-11-19(29)14-28(22)25(24(27)31)15-26(16-25)12-18-4-3-5-21(10-18)33-2/h3-10,19,22,29H,11-16H2,1-2H3. The van der Waals surface area contributed by atoms with Crippen molar-refractivity contribution in [1.82, 2.24) is 14.7 Å². The molecular formula is C25H29N3O5. The summed E-state index contributed by atoms with van der Waals surface area (Å²) >= 11 is 0. The molecule has 3 aliphatic heterocycles. The van der Waals surface area contributed by atoms with Crippen LogP contribution in [0.15, 0.2) is 48.5 Å². The van der Waals surface area contributed by atoms with Crippen LogP contribution in [0.2, 0.25) is 0 Å². The van der Waals surface area contributed by atoms with Crippen molar-refractivity contribution in [1.29, 1.82) is 0 Å². The number of carbonyl (C=O) groups excluding carboxylic acids is 2. The summed E-state index contributed by atoms with van der Waals surface area (Å²) < 4.78 is 10.5. The van der Waals surface area contributed by atoms with Crippen molar-refractivity contribution in [3.8, 4) is 11.5 Å². The van der Waals surface area contributed by atoms with Gasteiger partial charge in [-0.2, -0.15) is 0 Å². The van der Waals surface area contributed by atoms with E-state index >= 15 is 0 Å². The van der Waals surface area contributed by atoms with Crippen molar-refractivity contribution in [3.63, 3.8) is 0 Å². The van der Waals surface area contributed by atoms with Gasteiger partial charge in [-0.15, -0.1) is 0 Å². The molecule has 0 saturated carbocycles. The normalized spacial score (nSPS) is 24.6. The quantitative estimate of drug-likeness (QED) is 0.662. The molecule has 0 radical (unpaired) electrons. The molecule has 2 unspecified atom stereocenters. The van der Waals surface area contributed by atoms with Crippen molar-refractivity contribution in [2.75, 3.05) is 33.9 Å². The molecule has 2 aromatic carbocycles. The lowest BCUT2D eigenvalue weighted by atomic mass is 9.82. The van der Waals surface area contributed by atoms with E-state index < -0.39 is 17.7 Å². The number of hydrogen-bond donors (Lipinski definition) is 1. The summed E-state index contributed by atoms with van der Waals surface area (Å²) in [6.45, 7) is 2.32. The Balaban J connectivity index is 1.36. The van der Waals surface area contributed by atoms with Gasteiger partial charge < -0.3 is 14.6 Å². The number of likely N-dealkylation sites (tertiary alicyclic amines) is 1. The lowest BCUT2D eigenvalue weighted by Gasteiger charge is -2.58. The summed E-state index contributed by atoms with van der Waals surface area (Å²) in [6.07, 6.45) is -0.236. The smallest absolute Gasteiger partial charge is 0.252 e. The minimum absolute atomic E-state index is 0.171. The number of carbonyl (C=O) groups is 2. The first-order chi connectivity index (χ1) is 15.9. The lowest BCUT2D eigenvalue weighted by molar-refractivity contribution is -0.181. The van der Waals surface area contributed by atoms with Gasteiger partial charge in [0.15, 0.2) is 0 Å². The number of rotatable bonds is 6. The number of piperazine rings is 1. The van der Waals surface area contributed by atoms with Crippen molar-refractivity contribution in [3.05, 3.63) is 59.7 Å². The molecule has 0 aromatic heterocycles. The van der Waals surface area contributed by atoms with E-state index in [9.17, 15) is 14.7 Å². The highest BCUT2D eigenvalue weighted by Crippen LogP contribution is 2.41. The molecule has 2 amide bonds. The monoisotopic (exact) mass is 451 g/mol. The molecule has 0 aliphatic carbocycles. The van der Waals surface area contributed by atoms with Crippen LogP contribution in [0.25, 0.3) is 0 Å². The number of hydrogen-bond acceptors (Lipinski definition) is 7. The molecular weight excluding hydrogens is 422 g/mol. The molecule has 3 saturated heterocycles. The molecule has 1 spiro atoms. The summed E-state index contributed by atoms with van der Waals surface area (Å²) in [5.41, 5.74) is 1.20. The van der Waals surface area contributed by atoms with E-state index in [0.29, 0.717) is 32.6 Å². The molecule has 2 atom stereocenters. The Morgan fingerprint density at radius 1 is 0.970 bits per heavy atom. The molecule has 174 valence electrons. The Morgan fingerprint density at radius 2 is 1.70 bits per heavy atom. The number of fused-ring (bicyclic) bond motifs is 2. The van der Waals surface area contributed by atoms with E-state index in [4.69, 9.17) is 9.47 Å². The van der Waals surface area contributed by atoms with Gasteiger partial charge in [-0.05, 0) is 41.8 Å². The van der Waals surface area contributed by atoms with Gasteiger partial charge in [0.25, 0.3) is 5.91 Å². The number of nitrogens with zero attached hydrogens (tertiary/aromatic N) is 3. The summed E-state index contributed by atoms with van der Waals surface area (Å²) in [4.78, 5) is 32.5. The van der Waals surface area contributed by atoms with Crippen LogP contribution < -0.4 is 9.47 Å². The zero-order chi connectivity index (χ0) is 23.2. The van der Waals surface area contributed by atoms with E-state index in [1.165, 1.54) is 4.90 Å². The van der Waals surface area contributed by atoms with Crippen LogP contribution in [0, 0.1) is 0 Å². The van der Waals surface area contributed by atoms with Gasteiger partial charge in [0.1, 0.15) is 17.0 Å². The fourth-order valence-corrected chi connectivity index (χ4v) is 5.39. The van der Waals surface area contributed by atoms with Gasteiger partial charge in [0.05, 0.1) is 32.9 Å². The Bertz CT molecular complexity index is 1050. The van der Waals surface area contributed by atoms with Gasteiger partial charge >= 0.3 is 0 Å². The van der Waals surface area contributed by atoms with E-state index in [0.717, 1.165) is 22.6 Å². The molecule has 1 N–H and O–H groups in total. The summed E-state index contributed by atoms with van der Waals surface area (Å²) in [6, 6.07) is 14.8. The Labute approximate surface area is 193 Å². The van der Waals surface area contributed by atoms with Crippen LogP contribution >= 0.6 is 0 Å². The molecule has 3 aliphatic rings. The Morgan fingerprint density at radius 3 is 2.39 bits per heavy atom. The first kappa shape index (κ1) is 21.9. The minimum atomic E-state index is -0.776. The van der Waals surface area contributed by atoms with Crippen molar-refractivity contribution in [2.24, 2.45) is 0 Å². The largest absolute Gasteiger partial charge is 0.497 e. The fourth-order valence-electron chi connectivity index (χ4n) is 5.39. The number of amides is 2. The van der Waals surface area contributed by atoms with E-state index in [1.54, 1.807) is 14.2 Å². The highest BCUT2D eigenvalue weighted by atomic mass is 16.5. The zero-order valence-electron chi connectivity index (χ0n) is 18.9. The predicted octanol–water partition coefficient (Wildman–Crippen LogP) is 1.26. The molecule has 33 heavy (non-hydrogen) atoms. The minimum Gasteiger partial charge on any atom is -0.497 e. The van der Waals surface area contributed by atoms with E-state index in [1.807, 2.05) is 53.4 Å². The molecule has 5 rings (SSSR count). The second kappa shape index (κ2) is 8.44. The Hall–Kier alpha value is -2.94. The molecule has 0 bridgehead atoms. The number of aliphatic hydroxyl groups excluding tert-OH is 1. The van der Waals surface area contributed by atoms with Gasteiger partial charge in [-0.3, -0.25) is 24.3 Å². The maximum atomic E-state index is 13.7. The van der Waals surface area contributed by atoms with Gasteiger partial charge in [0, 0.05) is 26.2 Å². The maximum absolute atomic E-state index is 13.7. The average Bonchev–Trinajstić information content (AvgIpc) is 3.20. The average molecular weight is 452 g/mol. The number of β-amino-alcohol motifs (C(OH)–C–C–N with tert-alkyl or cyclic N) is 1. The number of aliphatic hydroxyl groups is 1. The zero-order valence-corrected chi connectivity index (χ0v) is 18.9. The maximum Gasteiger partial charge on any atom is 0.252 e. The third-order valence-corrected chi connectivity index (χ3v) is 7.03. The first-order valence-electron chi connectivity index (χ1n) is 11.2. The molecule has 8 heteroatoms. The van der Waals surface area contributed by atoms with Crippen LogP contribution in [0.1, 0.15) is 17.5 Å². The van der Waals surface area contributed by atoms with E-state index in [-0.39, 0.29) is 18.4 Å². The van der Waals surface area contributed by atoms with Gasteiger partial charge in [0.2, 0.25) is 5.91 Å². The van der Waals surface area contributed by atoms with Gasteiger partial charge in [-0.25, -0.2) is 0 Å². The first-order valence-corrected chi connectivity index (χ1v) is 11.2. The van der Waals surface area contributed by atoms with Crippen LogP contribution in [-0.4, -0.2) is 83.2 Å². The number of methoxy groups -OCH3 is 2.